The van der Waals surface area contributed by atoms with Gasteiger partial charge < -0.3 is 14.7 Å². The minimum absolute atomic E-state index is 0.607. The number of nitrogens with one attached hydrogen (secondary N) is 2. The standard InChI is InChI=1S/C27H37N3O/c1-3-4-12-20-13-9-7-5-6-8-10-14-21-17-22(20)24(29-21)18-26-27(31-2)19-25(30-26)23-15-11-16-28-23/h11,15-20,28,30H,3-10,12-14H2,1-2H3. The molecule has 2 bridgehead atoms. The van der Waals surface area contributed by atoms with Crippen molar-refractivity contribution in [3.05, 3.63) is 47.4 Å². The maximum Gasteiger partial charge on any atom is 0.144 e. The Morgan fingerprint density at radius 3 is 2.74 bits per heavy atom. The van der Waals surface area contributed by atoms with E-state index in [1.807, 2.05) is 12.3 Å². The van der Waals surface area contributed by atoms with Crippen LogP contribution in [0.1, 0.15) is 83.2 Å². The smallest absolute Gasteiger partial charge is 0.144 e. The normalized spacial score (nSPS) is 21.4. The van der Waals surface area contributed by atoms with Gasteiger partial charge in [0.25, 0.3) is 0 Å². The first kappa shape index (κ1) is 21.7. The number of aromatic nitrogens is 2. The van der Waals surface area contributed by atoms with Crippen LogP contribution in [0.15, 0.2) is 46.7 Å². The third-order valence-corrected chi connectivity index (χ3v) is 6.66. The molecule has 0 saturated heterocycles. The first-order chi connectivity index (χ1) is 15.3. The molecule has 2 N–H and O–H groups in total. The van der Waals surface area contributed by atoms with E-state index in [0.29, 0.717) is 5.92 Å². The summed E-state index contributed by atoms with van der Waals surface area (Å²) in [7, 11) is 1.74. The average molecular weight is 420 g/mol. The van der Waals surface area contributed by atoms with Crippen molar-refractivity contribution in [2.45, 2.75) is 77.6 Å². The number of nitrogens with zero attached hydrogens (tertiary/aromatic N) is 1. The molecule has 4 rings (SSSR count). The van der Waals surface area contributed by atoms with Crippen LogP contribution in [0.3, 0.4) is 0 Å². The Hall–Kier alpha value is -2.49. The molecule has 2 aromatic rings. The minimum Gasteiger partial charge on any atom is -0.494 e. The lowest BCUT2D eigenvalue weighted by Crippen LogP contribution is -2.06. The number of allylic oxidation sites excluding steroid dienone is 2. The van der Waals surface area contributed by atoms with Crippen LogP contribution in [0.5, 0.6) is 5.75 Å². The van der Waals surface area contributed by atoms with Gasteiger partial charge in [-0.1, -0.05) is 51.9 Å². The van der Waals surface area contributed by atoms with Crippen molar-refractivity contribution in [2.24, 2.45) is 10.9 Å². The Morgan fingerprint density at radius 2 is 1.97 bits per heavy atom. The lowest BCUT2D eigenvalue weighted by Gasteiger charge is -2.19. The molecule has 0 radical (unpaired) electrons. The highest BCUT2D eigenvalue weighted by molar-refractivity contribution is 6.00. The zero-order chi connectivity index (χ0) is 21.5. The highest BCUT2D eigenvalue weighted by Gasteiger charge is 2.24. The van der Waals surface area contributed by atoms with Crippen LogP contribution in [0.4, 0.5) is 0 Å². The van der Waals surface area contributed by atoms with Crippen molar-refractivity contribution < 1.29 is 4.74 Å². The Kier molecular flexibility index (Phi) is 7.50. The van der Waals surface area contributed by atoms with E-state index in [-0.39, 0.29) is 0 Å². The predicted octanol–water partition coefficient (Wildman–Crippen LogP) is 7.68. The maximum absolute atomic E-state index is 5.70. The molecular formula is C27H37N3O. The van der Waals surface area contributed by atoms with Gasteiger partial charge in [0.15, 0.2) is 0 Å². The third-order valence-electron chi connectivity index (χ3n) is 6.66. The monoisotopic (exact) mass is 419 g/mol. The molecule has 1 aliphatic heterocycles. The van der Waals surface area contributed by atoms with Gasteiger partial charge in [0.1, 0.15) is 5.75 Å². The van der Waals surface area contributed by atoms with Gasteiger partial charge >= 0.3 is 0 Å². The number of hydrogen-bond donors (Lipinski definition) is 2. The van der Waals surface area contributed by atoms with E-state index in [1.54, 1.807) is 7.11 Å². The van der Waals surface area contributed by atoms with Crippen LogP contribution in [0, 0.1) is 5.92 Å². The van der Waals surface area contributed by atoms with E-state index < -0.39 is 0 Å². The molecule has 0 amide bonds. The second-order valence-corrected chi connectivity index (χ2v) is 8.98. The van der Waals surface area contributed by atoms with Crippen LogP contribution < -0.4 is 4.74 Å². The van der Waals surface area contributed by atoms with Gasteiger partial charge in [0.05, 0.1) is 29.9 Å². The molecule has 0 spiro atoms. The fourth-order valence-corrected chi connectivity index (χ4v) is 4.89. The van der Waals surface area contributed by atoms with Crippen LogP contribution in [-0.2, 0) is 0 Å². The highest BCUT2D eigenvalue weighted by Crippen LogP contribution is 2.37. The van der Waals surface area contributed by atoms with Gasteiger partial charge in [0.2, 0.25) is 0 Å². The number of unbranched alkanes of at least 4 members (excludes halogenated alkanes) is 1. The summed E-state index contributed by atoms with van der Waals surface area (Å²) in [5.74, 6) is 1.47. The summed E-state index contributed by atoms with van der Waals surface area (Å²) < 4.78 is 5.70. The molecule has 166 valence electrons. The largest absolute Gasteiger partial charge is 0.494 e. The minimum atomic E-state index is 0.607. The summed E-state index contributed by atoms with van der Waals surface area (Å²) in [6, 6.07) is 6.15. The first-order valence-electron chi connectivity index (χ1n) is 12.2. The zero-order valence-corrected chi connectivity index (χ0v) is 19.2. The number of aromatic amines is 2. The van der Waals surface area contributed by atoms with Gasteiger partial charge in [-0.25, -0.2) is 0 Å². The van der Waals surface area contributed by atoms with Crippen molar-refractivity contribution in [1.82, 2.24) is 9.97 Å². The summed E-state index contributed by atoms with van der Waals surface area (Å²) in [5.41, 5.74) is 6.94. The van der Waals surface area contributed by atoms with E-state index in [1.165, 1.54) is 75.5 Å². The molecule has 1 atom stereocenters. The van der Waals surface area contributed by atoms with Crippen molar-refractivity contribution in [1.29, 1.82) is 0 Å². The molecule has 0 aromatic carbocycles. The van der Waals surface area contributed by atoms with Crippen LogP contribution in [0.2, 0.25) is 0 Å². The third kappa shape index (κ3) is 5.41. The molecule has 4 nitrogen and oxygen atoms in total. The number of H-pyrrole nitrogens is 2. The zero-order valence-electron chi connectivity index (χ0n) is 19.2. The van der Waals surface area contributed by atoms with E-state index in [2.05, 4.69) is 41.2 Å². The van der Waals surface area contributed by atoms with Gasteiger partial charge in [-0.05, 0) is 61.5 Å². The van der Waals surface area contributed by atoms with Crippen molar-refractivity contribution in [2.75, 3.05) is 7.11 Å². The predicted molar refractivity (Wildman–Crippen MR) is 131 cm³/mol. The summed E-state index contributed by atoms with van der Waals surface area (Å²) >= 11 is 0. The van der Waals surface area contributed by atoms with Crippen molar-refractivity contribution in [3.63, 3.8) is 0 Å². The molecule has 0 fully saturated rings. The fraction of sp³-hybridized carbons (Fsp3) is 0.519. The summed E-state index contributed by atoms with van der Waals surface area (Å²) in [6.45, 7) is 2.29. The molecule has 0 saturated carbocycles. The molecule has 1 aliphatic carbocycles. The number of fused-ring (bicyclic) bond motifs is 1. The molecular weight excluding hydrogens is 382 g/mol. The molecule has 31 heavy (non-hydrogen) atoms. The lowest BCUT2D eigenvalue weighted by molar-refractivity contribution is 0.414. The van der Waals surface area contributed by atoms with Crippen molar-refractivity contribution in [3.8, 4) is 17.1 Å². The van der Waals surface area contributed by atoms with E-state index in [0.717, 1.165) is 34.9 Å². The first-order valence-corrected chi connectivity index (χ1v) is 12.2. The lowest BCUT2D eigenvalue weighted by atomic mass is 9.86. The fourth-order valence-electron chi connectivity index (χ4n) is 4.89. The van der Waals surface area contributed by atoms with Crippen LogP contribution >= 0.6 is 0 Å². The number of aliphatic imine (C=N–C) groups is 1. The second-order valence-electron chi connectivity index (χ2n) is 8.98. The van der Waals surface area contributed by atoms with E-state index in [9.17, 15) is 0 Å². The molecule has 2 aromatic heterocycles. The van der Waals surface area contributed by atoms with E-state index in [4.69, 9.17) is 9.73 Å². The van der Waals surface area contributed by atoms with Gasteiger partial charge in [-0.2, -0.15) is 0 Å². The SMILES string of the molecule is CCCCC1CCCCCCCCC2=NC(=Cc3[nH]c(-c4ccc[nH]4)cc3OC)C1=C2. The maximum atomic E-state index is 5.70. The highest BCUT2D eigenvalue weighted by atomic mass is 16.5. The van der Waals surface area contributed by atoms with Gasteiger partial charge in [-0.15, -0.1) is 0 Å². The molecule has 3 heterocycles. The summed E-state index contributed by atoms with van der Waals surface area (Å²) in [6.07, 6.45) is 20.8. The number of ether oxygens (including phenoxy) is 1. The van der Waals surface area contributed by atoms with Crippen LogP contribution in [-0.4, -0.2) is 22.8 Å². The van der Waals surface area contributed by atoms with E-state index >= 15 is 0 Å². The van der Waals surface area contributed by atoms with Crippen molar-refractivity contribution >= 4 is 11.8 Å². The Balaban J connectivity index is 1.67. The average Bonchev–Trinajstić information content (AvgIpc) is 3.51. The number of rotatable bonds is 6. The quantitative estimate of drug-likeness (QED) is 0.495. The number of hydrogen-bond acceptors (Lipinski definition) is 2. The number of methoxy groups -OCH3 is 1. The topological polar surface area (TPSA) is 53.2 Å². The molecule has 4 heteroatoms. The summed E-state index contributed by atoms with van der Waals surface area (Å²) in [4.78, 5) is 11.9. The Bertz CT molecular complexity index is 930. The molecule has 1 unspecified atom stereocenters. The Labute approximate surface area is 186 Å². The van der Waals surface area contributed by atoms with Gasteiger partial charge in [0, 0.05) is 18.0 Å². The molecule has 2 aliphatic rings. The second kappa shape index (κ2) is 10.7. The van der Waals surface area contributed by atoms with Crippen LogP contribution in [0.25, 0.3) is 17.5 Å². The van der Waals surface area contributed by atoms with Gasteiger partial charge in [-0.3, -0.25) is 4.99 Å². The summed E-state index contributed by atoms with van der Waals surface area (Å²) in [5, 5.41) is 0. The Morgan fingerprint density at radius 1 is 1.13 bits per heavy atom.